The molecule has 0 aliphatic carbocycles. The average Bonchev–Trinajstić information content (AvgIpc) is 3.39. The van der Waals surface area contributed by atoms with Crippen LogP contribution in [0.4, 0.5) is 4.79 Å². The summed E-state index contributed by atoms with van der Waals surface area (Å²) in [5.74, 6) is 0.228. The third-order valence-corrected chi connectivity index (χ3v) is 6.28. The number of aryl methyl sites for hydroxylation is 1. The van der Waals surface area contributed by atoms with Gasteiger partial charge in [0.25, 0.3) is 0 Å². The molecule has 1 aromatic heterocycles. The summed E-state index contributed by atoms with van der Waals surface area (Å²) in [5, 5.41) is 1.20. The van der Waals surface area contributed by atoms with Gasteiger partial charge in [-0.25, -0.2) is 4.79 Å². The molecule has 2 aliphatic heterocycles. The van der Waals surface area contributed by atoms with Crippen molar-refractivity contribution in [2.45, 2.75) is 51.7 Å². The molecule has 4 rings (SSSR count). The first-order chi connectivity index (χ1) is 14.8. The Kier molecular flexibility index (Phi) is 6.23. The normalized spacial score (nSPS) is 20.4. The number of para-hydroxylation sites is 1. The molecular weight excluding hydrogens is 392 g/mol. The number of ether oxygens (including phenoxy) is 1. The van der Waals surface area contributed by atoms with E-state index in [0.29, 0.717) is 19.0 Å². The molecule has 2 fully saturated rings. The number of likely N-dealkylation sites (tertiary alicyclic amines) is 1. The van der Waals surface area contributed by atoms with Gasteiger partial charge in [0.2, 0.25) is 5.91 Å². The number of aromatic nitrogens is 1. The van der Waals surface area contributed by atoms with Crippen LogP contribution in [-0.2, 0) is 16.0 Å². The lowest BCUT2D eigenvalue weighted by Crippen LogP contribution is -2.52. The first kappa shape index (κ1) is 21.7. The van der Waals surface area contributed by atoms with Crippen LogP contribution in [0, 0.1) is 0 Å². The quantitative estimate of drug-likeness (QED) is 0.815. The Balaban J connectivity index is 1.22. The maximum atomic E-state index is 12.8. The van der Waals surface area contributed by atoms with E-state index < -0.39 is 5.60 Å². The number of piperazine rings is 1. The number of carbonyl (C=O) groups is 2. The number of rotatable bonds is 4. The Bertz CT molecular complexity index is 924. The van der Waals surface area contributed by atoms with Crippen molar-refractivity contribution in [3.63, 3.8) is 0 Å². The lowest BCUT2D eigenvalue weighted by molar-refractivity contribution is -0.133. The number of carbonyl (C=O) groups excluding carboxylic acids is 2. The highest BCUT2D eigenvalue weighted by molar-refractivity contribution is 5.84. The number of fused-ring (bicyclic) bond motifs is 1. The first-order valence-electron chi connectivity index (χ1n) is 11.3. The van der Waals surface area contributed by atoms with E-state index >= 15 is 0 Å². The fourth-order valence-electron chi connectivity index (χ4n) is 4.61. The highest BCUT2D eigenvalue weighted by atomic mass is 16.6. The summed E-state index contributed by atoms with van der Waals surface area (Å²) in [5.41, 5.74) is 1.86. The lowest BCUT2D eigenvalue weighted by atomic mass is 10.1. The van der Waals surface area contributed by atoms with Gasteiger partial charge in [-0.2, -0.15) is 0 Å². The molecule has 2 aliphatic rings. The smallest absolute Gasteiger partial charge is 0.410 e. The molecule has 1 aromatic carbocycles. The summed E-state index contributed by atoms with van der Waals surface area (Å²) in [4.78, 5) is 34.6. The van der Waals surface area contributed by atoms with Gasteiger partial charge >= 0.3 is 6.09 Å². The molecular formula is C24H34N4O3. The highest BCUT2D eigenvalue weighted by Crippen LogP contribution is 2.22. The second-order valence-electron chi connectivity index (χ2n) is 9.65. The molecule has 0 saturated carbocycles. The second-order valence-corrected chi connectivity index (χ2v) is 9.65. The van der Waals surface area contributed by atoms with Gasteiger partial charge in [0.15, 0.2) is 0 Å². The van der Waals surface area contributed by atoms with Crippen molar-refractivity contribution in [3.05, 3.63) is 36.0 Å². The van der Waals surface area contributed by atoms with Gasteiger partial charge in [0, 0.05) is 68.8 Å². The van der Waals surface area contributed by atoms with Gasteiger partial charge in [-0.1, -0.05) is 18.2 Å². The highest BCUT2D eigenvalue weighted by Gasteiger charge is 2.34. The van der Waals surface area contributed by atoms with E-state index in [2.05, 4.69) is 22.0 Å². The van der Waals surface area contributed by atoms with Crippen LogP contribution in [0.2, 0.25) is 0 Å². The molecule has 2 aromatic rings. The Morgan fingerprint density at radius 1 is 1.06 bits per heavy atom. The Hall–Kier alpha value is -2.54. The van der Waals surface area contributed by atoms with Gasteiger partial charge in [-0.15, -0.1) is 0 Å². The monoisotopic (exact) mass is 426 g/mol. The Morgan fingerprint density at radius 3 is 2.55 bits per heavy atom. The number of hydrogen-bond donors (Lipinski definition) is 1. The molecule has 0 unspecified atom stereocenters. The minimum atomic E-state index is -0.464. The molecule has 0 radical (unpaired) electrons. The zero-order chi connectivity index (χ0) is 22.0. The zero-order valence-electron chi connectivity index (χ0n) is 18.9. The van der Waals surface area contributed by atoms with Crippen molar-refractivity contribution >= 4 is 22.9 Å². The van der Waals surface area contributed by atoms with Crippen LogP contribution in [0.1, 0.15) is 39.2 Å². The molecule has 0 bridgehead atoms. The molecule has 2 saturated heterocycles. The number of aromatic amines is 1. The first-order valence-corrected chi connectivity index (χ1v) is 11.3. The van der Waals surface area contributed by atoms with Crippen molar-refractivity contribution < 1.29 is 14.3 Å². The van der Waals surface area contributed by atoms with E-state index in [1.807, 2.05) is 48.9 Å². The van der Waals surface area contributed by atoms with E-state index in [0.717, 1.165) is 51.1 Å². The van der Waals surface area contributed by atoms with Crippen LogP contribution in [0.25, 0.3) is 10.9 Å². The third kappa shape index (κ3) is 5.21. The van der Waals surface area contributed by atoms with Gasteiger partial charge in [-0.3, -0.25) is 9.69 Å². The van der Waals surface area contributed by atoms with Crippen LogP contribution < -0.4 is 0 Å². The Labute approximate surface area is 184 Å². The van der Waals surface area contributed by atoms with Crippen LogP contribution >= 0.6 is 0 Å². The summed E-state index contributed by atoms with van der Waals surface area (Å²) in [6.45, 7) is 10.4. The molecule has 31 heavy (non-hydrogen) atoms. The molecule has 0 spiro atoms. The topological polar surface area (TPSA) is 68.9 Å². The molecule has 3 heterocycles. The van der Waals surface area contributed by atoms with Crippen LogP contribution in [0.5, 0.6) is 0 Å². The average molecular weight is 427 g/mol. The van der Waals surface area contributed by atoms with Crippen molar-refractivity contribution in [3.8, 4) is 0 Å². The standard InChI is InChI=1S/C24H34N4O3/c1-24(2,3)31-23(30)28-11-10-19(17-28)26-12-14-27(15-13-26)22(29)9-8-18-16-25-21-7-5-4-6-20(18)21/h4-7,16,19,25H,8-15,17H2,1-3H3/t19-/m1/s1. The van der Waals surface area contributed by atoms with Crippen LogP contribution in [0.3, 0.4) is 0 Å². The fourth-order valence-corrected chi connectivity index (χ4v) is 4.61. The van der Waals surface area contributed by atoms with Crippen molar-refractivity contribution in [2.24, 2.45) is 0 Å². The summed E-state index contributed by atoms with van der Waals surface area (Å²) in [7, 11) is 0. The van der Waals surface area contributed by atoms with Gasteiger partial charge in [0.1, 0.15) is 5.60 Å². The number of benzene rings is 1. The fraction of sp³-hybridized carbons (Fsp3) is 0.583. The van der Waals surface area contributed by atoms with E-state index in [1.54, 1.807) is 0 Å². The molecule has 2 amide bonds. The largest absolute Gasteiger partial charge is 0.444 e. The molecule has 1 atom stereocenters. The van der Waals surface area contributed by atoms with E-state index in [9.17, 15) is 9.59 Å². The van der Waals surface area contributed by atoms with Gasteiger partial charge in [0.05, 0.1) is 0 Å². The summed E-state index contributed by atoms with van der Waals surface area (Å²) in [6, 6.07) is 8.58. The number of hydrogen-bond acceptors (Lipinski definition) is 4. The maximum Gasteiger partial charge on any atom is 0.410 e. The molecule has 7 nitrogen and oxygen atoms in total. The Morgan fingerprint density at radius 2 is 1.81 bits per heavy atom. The summed E-state index contributed by atoms with van der Waals surface area (Å²) < 4.78 is 5.50. The molecule has 7 heteroatoms. The minimum Gasteiger partial charge on any atom is -0.444 e. The van der Waals surface area contributed by atoms with Crippen molar-refractivity contribution in [2.75, 3.05) is 39.3 Å². The lowest BCUT2D eigenvalue weighted by Gasteiger charge is -2.38. The minimum absolute atomic E-state index is 0.221. The predicted molar refractivity (Wildman–Crippen MR) is 121 cm³/mol. The second kappa shape index (κ2) is 8.91. The zero-order valence-corrected chi connectivity index (χ0v) is 18.9. The van der Waals surface area contributed by atoms with Gasteiger partial charge < -0.3 is 19.5 Å². The maximum absolute atomic E-state index is 12.8. The van der Waals surface area contributed by atoms with E-state index in [-0.39, 0.29) is 12.0 Å². The SMILES string of the molecule is CC(C)(C)OC(=O)N1CC[C@@H](N2CCN(C(=O)CCc3c[nH]c4ccccc34)CC2)C1. The van der Waals surface area contributed by atoms with Crippen LogP contribution in [0.15, 0.2) is 30.5 Å². The van der Waals surface area contributed by atoms with E-state index in [4.69, 9.17) is 4.74 Å². The number of H-pyrrole nitrogens is 1. The predicted octanol–water partition coefficient (Wildman–Crippen LogP) is 3.25. The van der Waals surface area contributed by atoms with Crippen LogP contribution in [-0.4, -0.2) is 82.6 Å². The van der Waals surface area contributed by atoms with Crippen molar-refractivity contribution in [1.29, 1.82) is 0 Å². The third-order valence-electron chi connectivity index (χ3n) is 6.28. The number of nitrogens with zero attached hydrogens (tertiary/aromatic N) is 3. The molecule has 168 valence electrons. The summed E-state index contributed by atoms with van der Waals surface area (Å²) in [6.07, 6.45) is 4.06. The van der Waals surface area contributed by atoms with Crippen molar-refractivity contribution in [1.82, 2.24) is 19.7 Å². The summed E-state index contributed by atoms with van der Waals surface area (Å²) >= 11 is 0. The molecule has 1 N–H and O–H groups in total. The van der Waals surface area contributed by atoms with E-state index in [1.165, 1.54) is 10.9 Å². The number of nitrogens with one attached hydrogen (secondary N) is 1. The number of amides is 2. The van der Waals surface area contributed by atoms with Gasteiger partial charge in [-0.05, 0) is 45.2 Å².